The average molecular weight is 236 g/mol. The summed E-state index contributed by atoms with van der Waals surface area (Å²) in [5, 5.41) is 0. The Bertz CT molecular complexity index is 319. The molecule has 1 atom stereocenters. The Kier molecular flexibility index (Phi) is 3.54. The fourth-order valence-electron chi connectivity index (χ4n) is 2.50. The zero-order valence-corrected chi connectivity index (χ0v) is 11.2. The molecular formula is C13H24N4. The van der Waals surface area contributed by atoms with Crippen molar-refractivity contribution in [3.8, 4) is 0 Å². The fourth-order valence-corrected chi connectivity index (χ4v) is 2.50. The van der Waals surface area contributed by atoms with Gasteiger partial charge in [-0.25, -0.2) is 0 Å². The van der Waals surface area contributed by atoms with Crippen molar-refractivity contribution in [2.75, 3.05) is 32.7 Å². The van der Waals surface area contributed by atoms with Gasteiger partial charge in [-0.15, -0.1) is 0 Å². The molecular weight excluding hydrogens is 212 g/mol. The van der Waals surface area contributed by atoms with Gasteiger partial charge in [0.2, 0.25) is 0 Å². The summed E-state index contributed by atoms with van der Waals surface area (Å²) in [6.07, 6.45) is 3.95. The first-order chi connectivity index (χ1) is 7.98. The van der Waals surface area contributed by atoms with Gasteiger partial charge in [0, 0.05) is 43.6 Å². The van der Waals surface area contributed by atoms with E-state index in [-0.39, 0.29) is 11.6 Å². The highest BCUT2D eigenvalue weighted by Crippen LogP contribution is 2.19. The van der Waals surface area contributed by atoms with Gasteiger partial charge in [-0.05, 0) is 26.8 Å². The third-order valence-electron chi connectivity index (χ3n) is 3.63. The number of dihydropyridines is 1. The Morgan fingerprint density at radius 2 is 1.88 bits per heavy atom. The molecule has 0 radical (unpaired) electrons. The van der Waals surface area contributed by atoms with Gasteiger partial charge in [-0.1, -0.05) is 0 Å². The van der Waals surface area contributed by atoms with Crippen LogP contribution in [0.3, 0.4) is 0 Å². The Morgan fingerprint density at radius 3 is 2.41 bits per heavy atom. The van der Waals surface area contributed by atoms with Crippen LogP contribution in [0.15, 0.2) is 16.8 Å². The summed E-state index contributed by atoms with van der Waals surface area (Å²) in [5.41, 5.74) is 7.63. The number of aliphatic imine (C=N–C) groups is 1. The molecule has 0 aliphatic carbocycles. The smallest absolute Gasteiger partial charge is 0.0645 e. The highest BCUT2D eigenvalue weighted by atomic mass is 15.3. The molecule has 2 N–H and O–H groups in total. The SMILES string of the molecule is CC(C)(C)N1CCN(C2=CC=NCC2N)CC1. The van der Waals surface area contributed by atoms with Crippen LogP contribution in [-0.2, 0) is 0 Å². The summed E-state index contributed by atoms with van der Waals surface area (Å²) in [7, 11) is 0. The van der Waals surface area contributed by atoms with Crippen molar-refractivity contribution in [1.29, 1.82) is 0 Å². The lowest BCUT2D eigenvalue weighted by atomic mass is 10.0. The topological polar surface area (TPSA) is 44.9 Å². The molecule has 0 saturated carbocycles. The molecule has 0 amide bonds. The molecule has 2 rings (SSSR count). The van der Waals surface area contributed by atoms with E-state index < -0.39 is 0 Å². The number of hydrogen-bond acceptors (Lipinski definition) is 4. The molecule has 1 fully saturated rings. The highest BCUT2D eigenvalue weighted by Gasteiger charge is 2.28. The Labute approximate surface area is 104 Å². The van der Waals surface area contributed by atoms with E-state index in [4.69, 9.17) is 5.73 Å². The van der Waals surface area contributed by atoms with Crippen LogP contribution < -0.4 is 5.73 Å². The lowest BCUT2D eigenvalue weighted by molar-refractivity contribution is 0.0740. The molecule has 96 valence electrons. The zero-order chi connectivity index (χ0) is 12.5. The maximum Gasteiger partial charge on any atom is 0.0645 e. The van der Waals surface area contributed by atoms with Crippen LogP contribution in [0.4, 0.5) is 0 Å². The van der Waals surface area contributed by atoms with Crippen LogP contribution in [0.5, 0.6) is 0 Å². The van der Waals surface area contributed by atoms with Crippen LogP contribution in [0.1, 0.15) is 20.8 Å². The first-order valence-corrected chi connectivity index (χ1v) is 6.44. The predicted molar refractivity (Wildman–Crippen MR) is 72.3 cm³/mol. The van der Waals surface area contributed by atoms with E-state index in [1.165, 1.54) is 5.70 Å². The van der Waals surface area contributed by atoms with Gasteiger partial charge in [0.25, 0.3) is 0 Å². The van der Waals surface area contributed by atoms with Crippen molar-refractivity contribution in [3.63, 3.8) is 0 Å². The lowest BCUT2D eigenvalue weighted by Gasteiger charge is -2.44. The van der Waals surface area contributed by atoms with E-state index in [1.54, 1.807) is 0 Å². The van der Waals surface area contributed by atoms with E-state index in [0.29, 0.717) is 0 Å². The monoisotopic (exact) mass is 236 g/mol. The maximum atomic E-state index is 6.09. The predicted octanol–water partition coefficient (Wildman–Crippen LogP) is 0.698. The molecule has 2 aliphatic heterocycles. The summed E-state index contributed by atoms with van der Waals surface area (Å²) in [5.74, 6) is 0. The van der Waals surface area contributed by atoms with Gasteiger partial charge in [0.05, 0.1) is 12.6 Å². The van der Waals surface area contributed by atoms with Gasteiger partial charge in [-0.3, -0.25) is 9.89 Å². The van der Waals surface area contributed by atoms with Crippen LogP contribution in [0, 0.1) is 0 Å². The molecule has 0 aromatic carbocycles. The molecule has 1 unspecified atom stereocenters. The molecule has 4 nitrogen and oxygen atoms in total. The Morgan fingerprint density at radius 1 is 1.24 bits per heavy atom. The second-order valence-electron chi connectivity index (χ2n) is 5.86. The van der Waals surface area contributed by atoms with Gasteiger partial charge in [0.15, 0.2) is 0 Å². The first kappa shape index (κ1) is 12.6. The quantitative estimate of drug-likeness (QED) is 0.729. The third-order valence-corrected chi connectivity index (χ3v) is 3.63. The van der Waals surface area contributed by atoms with E-state index in [2.05, 4.69) is 41.6 Å². The van der Waals surface area contributed by atoms with Crippen LogP contribution in [0.2, 0.25) is 0 Å². The minimum Gasteiger partial charge on any atom is -0.371 e. The minimum atomic E-state index is 0.0844. The van der Waals surface area contributed by atoms with Gasteiger partial charge >= 0.3 is 0 Å². The van der Waals surface area contributed by atoms with Crippen LogP contribution in [0.25, 0.3) is 0 Å². The summed E-state index contributed by atoms with van der Waals surface area (Å²) in [6, 6.07) is 0.0844. The summed E-state index contributed by atoms with van der Waals surface area (Å²) in [6.45, 7) is 11.9. The van der Waals surface area contributed by atoms with E-state index in [1.807, 2.05) is 6.21 Å². The van der Waals surface area contributed by atoms with Gasteiger partial charge < -0.3 is 10.6 Å². The van der Waals surface area contributed by atoms with Crippen molar-refractivity contribution < 1.29 is 0 Å². The van der Waals surface area contributed by atoms with Crippen LogP contribution in [-0.4, -0.2) is 60.3 Å². The Hall–Kier alpha value is -0.870. The van der Waals surface area contributed by atoms with Crippen molar-refractivity contribution in [3.05, 3.63) is 11.8 Å². The van der Waals surface area contributed by atoms with Gasteiger partial charge in [-0.2, -0.15) is 0 Å². The normalized spacial score (nSPS) is 27.2. The molecule has 2 heterocycles. The number of piperazine rings is 1. The highest BCUT2D eigenvalue weighted by molar-refractivity contribution is 5.73. The minimum absolute atomic E-state index is 0.0844. The molecule has 4 heteroatoms. The standard InChI is InChI=1S/C13H24N4/c1-13(2,3)17-8-6-16(7-9-17)12-4-5-15-10-11(12)14/h4-5,11H,6-10,14H2,1-3H3. The second-order valence-corrected chi connectivity index (χ2v) is 5.86. The van der Waals surface area contributed by atoms with Crippen molar-refractivity contribution in [1.82, 2.24) is 9.80 Å². The number of allylic oxidation sites excluding steroid dienone is 1. The zero-order valence-electron chi connectivity index (χ0n) is 11.2. The summed E-state index contributed by atoms with van der Waals surface area (Å²) in [4.78, 5) is 9.14. The molecule has 1 saturated heterocycles. The number of hydrogen-bond donors (Lipinski definition) is 1. The van der Waals surface area contributed by atoms with Gasteiger partial charge in [0.1, 0.15) is 0 Å². The number of nitrogens with zero attached hydrogens (tertiary/aromatic N) is 3. The molecule has 17 heavy (non-hydrogen) atoms. The lowest BCUT2D eigenvalue weighted by Crippen LogP contribution is -2.54. The van der Waals surface area contributed by atoms with Crippen molar-refractivity contribution in [2.24, 2.45) is 10.7 Å². The molecule has 0 spiro atoms. The Balaban J connectivity index is 1.95. The first-order valence-electron chi connectivity index (χ1n) is 6.44. The molecule has 0 bridgehead atoms. The van der Waals surface area contributed by atoms with E-state index >= 15 is 0 Å². The van der Waals surface area contributed by atoms with Crippen LogP contribution >= 0.6 is 0 Å². The maximum absolute atomic E-state index is 6.09. The van der Waals surface area contributed by atoms with E-state index in [9.17, 15) is 0 Å². The molecule has 0 aromatic rings. The number of rotatable bonds is 1. The summed E-state index contributed by atoms with van der Waals surface area (Å²) >= 11 is 0. The summed E-state index contributed by atoms with van der Waals surface area (Å²) < 4.78 is 0. The number of nitrogens with two attached hydrogens (primary N) is 1. The fraction of sp³-hybridized carbons (Fsp3) is 0.769. The van der Waals surface area contributed by atoms with E-state index in [0.717, 1.165) is 32.7 Å². The molecule has 0 aromatic heterocycles. The third kappa shape index (κ3) is 2.87. The average Bonchev–Trinajstić information content (AvgIpc) is 2.29. The molecule has 2 aliphatic rings. The second kappa shape index (κ2) is 4.78. The van der Waals surface area contributed by atoms with Crippen molar-refractivity contribution in [2.45, 2.75) is 32.4 Å². The van der Waals surface area contributed by atoms with Crippen molar-refractivity contribution >= 4 is 6.21 Å². The largest absolute Gasteiger partial charge is 0.371 e.